The molecular weight excluding hydrogens is 513 g/mol. The molecule has 0 spiro atoms. The van der Waals surface area contributed by atoms with E-state index in [9.17, 15) is 14.4 Å². The van der Waals surface area contributed by atoms with E-state index in [-0.39, 0.29) is 12.1 Å². The fourth-order valence-electron chi connectivity index (χ4n) is 4.54. The monoisotopic (exact) mass is 547 g/mol. The van der Waals surface area contributed by atoms with Crippen molar-refractivity contribution in [3.8, 4) is 11.9 Å². The van der Waals surface area contributed by atoms with Gasteiger partial charge in [0.05, 0.1) is 24.1 Å². The molecule has 2 N–H and O–H groups in total. The summed E-state index contributed by atoms with van der Waals surface area (Å²) in [6.45, 7) is 10.4. The van der Waals surface area contributed by atoms with E-state index < -0.39 is 17.5 Å². The topological polar surface area (TPSA) is 131 Å². The number of hydrogen-bond acceptors (Lipinski definition) is 8. The summed E-state index contributed by atoms with van der Waals surface area (Å²) in [5.41, 5.74) is 9.02. The van der Waals surface area contributed by atoms with Crippen molar-refractivity contribution in [1.82, 2.24) is 19.3 Å². The largest absolute Gasteiger partial charge is 0.469 e. The summed E-state index contributed by atoms with van der Waals surface area (Å²) in [6.07, 6.45) is 4.65. The number of piperidine rings is 1. The Morgan fingerprint density at radius 2 is 1.98 bits per heavy atom. The molecule has 40 heavy (non-hydrogen) atoms. The highest BCUT2D eigenvalue weighted by Gasteiger charge is 2.27. The lowest BCUT2D eigenvalue weighted by atomic mass is 10.0. The number of nitrogens with zero attached hydrogens (tertiary/aromatic N) is 6. The van der Waals surface area contributed by atoms with Crippen LogP contribution in [0.4, 0.5) is 9.18 Å². The first-order chi connectivity index (χ1) is 19.0. The molecule has 3 aromatic rings. The van der Waals surface area contributed by atoms with Crippen LogP contribution < -0.4 is 10.5 Å². The third kappa shape index (κ3) is 6.57. The number of likely N-dealkylation sites (tertiary alicyclic amines) is 1. The van der Waals surface area contributed by atoms with Gasteiger partial charge in [-0.1, -0.05) is 0 Å². The Bertz CT molecular complexity index is 1470. The SMILES string of the molecule is CC(=NC1CCN(C(=O)OC(C)(C)C)CC1)/C(=C\N)c1cc(OC(C)c2ccc(F)cn2)n2c(C#N)cnc2c1. The number of rotatable bonds is 6. The molecule has 0 aromatic carbocycles. The number of halogens is 1. The summed E-state index contributed by atoms with van der Waals surface area (Å²) in [4.78, 5) is 27.5. The van der Waals surface area contributed by atoms with Gasteiger partial charge in [0.25, 0.3) is 0 Å². The maximum Gasteiger partial charge on any atom is 0.410 e. The second kappa shape index (κ2) is 11.7. The zero-order valence-electron chi connectivity index (χ0n) is 23.4. The van der Waals surface area contributed by atoms with E-state index in [0.29, 0.717) is 60.0 Å². The van der Waals surface area contributed by atoms with Crippen LogP contribution in [0.15, 0.2) is 47.9 Å². The molecule has 4 heterocycles. The van der Waals surface area contributed by atoms with Crippen molar-refractivity contribution >= 4 is 23.0 Å². The smallest absolute Gasteiger partial charge is 0.410 e. The number of carbonyl (C=O) groups is 1. The Labute approximate surface area is 232 Å². The van der Waals surface area contributed by atoms with E-state index in [2.05, 4.69) is 16.0 Å². The first-order valence-electron chi connectivity index (χ1n) is 13.1. The first-order valence-corrected chi connectivity index (χ1v) is 13.1. The normalized spacial score (nSPS) is 16.1. The number of aliphatic imine (C=N–C) groups is 1. The van der Waals surface area contributed by atoms with E-state index in [0.717, 1.165) is 11.9 Å². The van der Waals surface area contributed by atoms with Crippen LogP contribution in [0.25, 0.3) is 11.2 Å². The second-order valence-corrected chi connectivity index (χ2v) is 10.7. The number of pyridine rings is 2. The number of nitriles is 1. The van der Waals surface area contributed by atoms with E-state index in [1.165, 1.54) is 18.5 Å². The standard InChI is InChI=1S/C29H34FN7O3/c1-18(35-22-8-10-36(11-9-22)28(38)40-29(3,4)5)24(15-32)20-12-26-34-17-23(14-31)37(26)27(13-20)39-19(2)25-7-6-21(30)16-33-25/h6-7,12-13,15-17,19,22H,8-11,32H2,1-5H3/b24-15+,35-18?. The van der Waals surface area contributed by atoms with Gasteiger partial charge in [0, 0.05) is 36.6 Å². The van der Waals surface area contributed by atoms with Crippen LogP contribution in [0, 0.1) is 17.1 Å². The summed E-state index contributed by atoms with van der Waals surface area (Å²) in [5, 5.41) is 9.63. The molecule has 0 radical (unpaired) electrons. The summed E-state index contributed by atoms with van der Waals surface area (Å²) in [7, 11) is 0. The van der Waals surface area contributed by atoms with Crippen molar-refractivity contribution in [2.24, 2.45) is 10.7 Å². The first kappa shape index (κ1) is 28.5. The van der Waals surface area contributed by atoms with Gasteiger partial charge < -0.3 is 20.1 Å². The number of imidazole rings is 1. The average Bonchev–Trinajstić information content (AvgIpc) is 3.32. The summed E-state index contributed by atoms with van der Waals surface area (Å²) in [5.74, 6) is -0.0808. The molecule has 1 atom stereocenters. The predicted octanol–water partition coefficient (Wildman–Crippen LogP) is 5.04. The summed E-state index contributed by atoms with van der Waals surface area (Å²) < 4.78 is 26.7. The molecule has 1 aliphatic heterocycles. The highest BCUT2D eigenvalue weighted by atomic mass is 19.1. The average molecular weight is 548 g/mol. The van der Waals surface area contributed by atoms with Crippen molar-refractivity contribution in [2.75, 3.05) is 13.1 Å². The van der Waals surface area contributed by atoms with Crippen LogP contribution in [0.2, 0.25) is 0 Å². The number of aromatic nitrogens is 3. The van der Waals surface area contributed by atoms with Gasteiger partial charge in [-0.15, -0.1) is 0 Å². The van der Waals surface area contributed by atoms with Gasteiger partial charge in [-0.2, -0.15) is 5.26 Å². The molecule has 1 unspecified atom stereocenters. The van der Waals surface area contributed by atoms with Gasteiger partial charge in [-0.05, 0) is 71.2 Å². The van der Waals surface area contributed by atoms with Crippen molar-refractivity contribution in [3.05, 3.63) is 65.6 Å². The van der Waals surface area contributed by atoms with E-state index in [4.69, 9.17) is 20.2 Å². The van der Waals surface area contributed by atoms with E-state index in [1.54, 1.807) is 28.4 Å². The Morgan fingerprint density at radius 1 is 1.25 bits per heavy atom. The van der Waals surface area contributed by atoms with Crippen LogP contribution in [0.1, 0.15) is 70.5 Å². The van der Waals surface area contributed by atoms with Crippen LogP contribution in [0.3, 0.4) is 0 Å². The Balaban J connectivity index is 1.57. The van der Waals surface area contributed by atoms with Crippen LogP contribution in [-0.4, -0.2) is 55.8 Å². The number of hydrogen-bond donors (Lipinski definition) is 1. The molecule has 0 bridgehead atoms. The second-order valence-electron chi connectivity index (χ2n) is 10.7. The fraction of sp³-hybridized carbons (Fsp3) is 0.414. The number of nitrogens with two attached hydrogens (primary N) is 1. The highest BCUT2D eigenvalue weighted by molar-refractivity contribution is 6.22. The number of amides is 1. The minimum absolute atomic E-state index is 0.0225. The molecule has 0 saturated carbocycles. The maximum absolute atomic E-state index is 13.4. The van der Waals surface area contributed by atoms with E-state index >= 15 is 0 Å². The molecule has 1 amide bonds. The van der Waals surface area contributed by atoms with Crippen LogP contribution >= 0.6 is 0 Å². The highest BCUT2D eigenvalue weighted by Crippen LogP contribution is 2.29. The third-order valence-corrected chi connectivity index (χ3v) is 6.51. The summed E-state index contributed by atoms with van der Waals surface area (Å²) in [6, 6.07) is 8.62. The third-order valence-electron chi connectivity index (χ3n) is 6.51. The van der Waals surface area contributed by atoms with Crippen LogP contribution in [-0.2, 0) is 4.74 Å². The zero-order valence-corrected chi connectivity index (χ0v) is 23.4. The van der Waals surface area contributed by atoms with Gasteiger partial charge in [0.1, 0.15) is 34.9 Å². The van der Waals surface area contributed by atoms with Crippen molar-refractivity contribution in [1.29, 1.82) is 5.26 Å². The predicted molar refractivity (Wildman–Crippen MR) is 149 cm³/mol. The molecule has 1 saturated heterocycles. The molecule has 3 aromatic heterocycles. The van der Waals surface area contributed by atoms with Gasteiger partial charge in [0.2, 0.25) is 5.88 Å². The lowest BCUT2D eigenvalue weighted by molar-refractivity contribution is 0.0207. The maximum atomic E-state index is 13.4. The Kier molecular flexibility index (Phi) is 8.38. The van der Waals surface area contributed by atoms with Crippen molar-refractivity contribution in [2.45, 2.75) is 65.2 Å². The molecule has 1 aliphatic rings. The van der Waals surface area contributed by atoms with Gasteiger partial charge in [-0.25, -0.2) is 14.2 Å². The lowest BCUT2D eigenvalue weighted by Crippen LogP contribution is -2.42. The molecule has 11 heteroatoms. The zero-order chi connectivity index (χ0) is 29.0. The Hall–Kier alpha value is -4.46. The quantitative estimate of drug-likeness (QED) is 0.428. The summed E-state index contributed by atoms with van der Waals surface area (Å²) >= 11 is 0. The Morgan fingerprint density at radius 3 is 2.58 bits per heavy atom. The molecular formula is C29H34FN7O3. The number of carbonyl (C=O) groups excluding carboxylic acids is 1. The minimum atomic E-state index is -0.539. The van der Waals surface area contributed by atoms with Crippen molar-refractivity contribution in [3.63, 3.8) is 0 Å². The van der Waals surface area contributed by atoms with Gasteiger partial charge in [-0.3, -0.25) is 14.4 Å². The molecule has 1 fully saturated rings. The molecule has 4 rings (SSSR count). The molecule has 0 aliphatic carbocycles. The number of allylic oxidation sites excluding steroid dienone is 1. The molecule has 210 valence electrons. The molecule has 10 nitrogen and oxygen atoms in total. The minimum Gasteiger partial charge on any atom is -0.469 e. The van der Waals surface area contributed by atoms with Gasteiger partial charge >= 0.3 is 6.09 Å². The lowest BCUT2D eigenvalue weighted by Gasteiger charge is -2.32. The van der Waals surface area contributed by atoms with E-state index in [1.807, 2.05) is 33.8 Å². The van der Waals surface area contributed by atoms with Crippen LogP contribution in [0.5, 0.6) is 5.88 Å². The van der Waals surface area contributed by atoms with Crippen molar-refractivity contribution < 1.29 is 18.7 Å². The fourth-order valence-corrected chi connectivity index (χ4v) is 4.54. The number of ether oxygens (including phenoxy) is 2. The van der Waals surface area contributed by atoms with Gasteiger partial charge in [0.15, 0.2) is 0 Å². The number of fused-ring (bicyclic) bond motifs is 1.